The monoisotopic (exact) mass is 424 g/mol. The van der Waals surface area contributed by atoms with Crippen LogP contribution in [0.25, 0.3) is 0 Å². The number of hydrogen-bond donors (Lipinski definition) is 1. The molecular formula is C24H32N4O3. The van der Waals surface area contributed by atoms with Gasteiger partial charge in [-0.1, -0.05) is 48.3 Å². The van der Waals surface area contributed by atoms with E-state index in [1.165, 1.54) is 12.8 Å². The van der Waals surface area contributed by atoms with Gasteiger partial charge in [-0.3, -0.25) is 0 Å². The molecule has 2 amide bonds. The summed E-state index contributed by atoms with van der Waals surface area (Å²) in [5, 5.41) is 7.56. The molecule has 1 unspecified atom stereocenters. The number of hydrogen-bond acceptors (Lipinski definition) is 5. The summed E-state index contributed by atoms with van der Waals surface area (Å²) in [6, 6.07) is 10.0. The first-order chi connectivity index (χ1) is 15.2. The van der Waals surface area contributed by atoms with Gasteiger partial charge in [-0.15, -0.1) is 0 Å². The van der Waals surface area contributed by atoms with Crippen molar-refractivity contribution in [2.24, 2.45) is 5.92 Å². The zero-order valence-electron chi connectivity index (χ0n) is 18.1. The largest absolute Gasteiger partial charge is 0.381 e. The molecule has 2 aliphatic heterocycles. The molecule has 3 fully saturated rings. The van der Waals surface area contributed by atoms with Crippen LogP contribution in [0.5, 0.6) is 0 Å². The summed E-state index contributed by atoms with van der Waals surface area (Å²) in [6.07, 6.45) is 7.43. The van der Waals surface area contributed by atoms with Gasteiger partial charge in [0.2, 0.25) is 5.89 Å². The molecule has 2 aromatic rings. The minimum absolute atomic E-state index is 0.00290. The molecule has 1 N–H and O–H groups in total. The fourth-order valence-electron chi connectivity index (χ4n) is 5.07. The molecule has 5 rings (SSSR count). The topological polar surface area (TPSA) is 80.5 Å². The number of piperidine rings is 1. The van der Waals surface area contributed by atoms with Gasteiger partial charge in [-0.2, -0.15) is 4.98 Å². The fourth-order valence-corrected chi connectivity index (χ4v) is 5.07. The number of carbonyl (C=O) groups excluding carboxylic acids is 1. The first kappa shape index (κ1) is 20.5. The van der Waals surface area contributed by atoms with Crippen molar-refractivity contribution in [2.45, 2.75) is 62.8 Å². The molecule has 0 radical (unpaired) electrons. The van der Waals surface area contributed by atoms with Crippen LogP contribution in [-0.4, -0.2) is 47.4 Å². The van der Waals surface area contributed by atoms with Crippen LogP contribution in [0, 0.1) is 5.92 Å². The van der Waals surface area contributed by atoms with E-state index in [0.717, 1.165) is 75.1 Å². The second-order valence-corrected chi connectivity index (χ2v) is 9.44. The highest BCUT2D eigenvalue weighted by Crippen LogP contribution is 2.46. The SMILES string of the molecule is O=C(NCc1ccccc1)N1CCCC(CC2CC2)(c2noc(C3CCOCC3)n2)C1. The summed E-state index contributed by atoms with van der Waals surface area (Å²) < 4.78 is 11.2. The van der Waals surface area contributed by atoms with Gasteiger partial charge in [-0.25, -0.2) is 4.79 Å². The Bertz CT molecular complexity index is 876. The van der Waals surface area contributed by atoms with Crippen molar-refractivity contribution in [3.63, 3.8) is 0 Å². The molecule has 7 heteroatoms. The van der Waals surface area contributed by atoms with Crippen molar-refractivity contribution in [3.8, 4) is 0 Å². The predicted octanol–water partition coefficient (Wildman–Crippen LogP) is 4.01. The van der Waals surface area contributed by atoms with E-state index in [1.54, 1.807) is 0 Å². The smallest absolute Gasteiger partial charge is 0.317 e. The Hall–Kier alpha value is -2.41. The summed E-state index contributed by atoms with van der Waals surface area (Å²) in [5.74, 6) is 2.57. The molecule has 31 heavy (non-hydrogen) atoms. The van der Waals surface area contributed by atoms with E-state index in [9.17, 15) is 4.79 Å². The van der Waals surface area contributed by atoms with Gasteiger partial charge in [0.25, 0.3) is 0 Å². The Morgan fingerprint density at radius 2 is 1.97 bits per heavy atom. The van der Waals surface area contributed by atoms with Gasteiger partial charge in [0.1, 0.15) is 0 Å². The number of nitrogens with zero attached hydrogens (tertiary/aromatic N) is 3. The fraction of sp³-hybridized carbons (Fsp3) is 0.625. The Morgan fingerprint density at radius 3 is 2.74 bits per heavy atom. The molecule has 3 heterocycles. The highest BCUT2D eigenvalue weighted by molar-refractivity contribution is 5.74. The average molecular weight is 425 g/mol. The van der Waals surface area contributed by atoms with E-state index < -0.39 is 0 Å². The molecule has 1 atom stereocenters. The van der Waals surface area contributed by atoms with Crippen molar-refractivity contribution >= 4 is 6.03 Å². The maximum absolute atomic E-state index is 13.0. The van der Waals surface area contributed by atoms with Crippen molar-refractivity contribution in [3.05, 3.63) is 47.6 Å². The van der Waals surface area contributed by atoms with Crippen LogP contribution < -0.4 is 5.32 Å². The van der Waals surface area contributed by atoms with Crippen molar-refractivity contribution in [2.75, 3.05) is 26.3 Å². The van der Waals surface area contributed by atoms with Crippen LogP contribution >= 0.6 is 0 Å². The third kappa shape index (κ3) is 4.76. The number of aromatic nitrogens is 2. The molecule has 1 saturated carbocycles. The molecular weight excluding hydrogens is 392 g/mol. The summed E-state index contributed by atoms with van der Waals surface area (Å²) in [5.41, 5.74) is 0.910. The normalized spacial score (nSPS) is 24.8. The van der Waals surface area contributed by atoms with Crippen LogP contribution in [0.15, 0.2) is 34.9 Å². The third-order valence-corrected chi connectivity index (χ3v) is 7.01. The van der Waals surface area contributed by atoms with Crippen LogP contribution in [0.3, 0.4) is 0 Å². The minimum Gasteiger partial charge on any atom is -0.381 e. The molecule has 7 nitrogen and oxygen atoms in total. The zero-order valence-corrected chi connectivity index (χ0v) is 18.1. The van der Waals surface area contributed by atoms with Crippen LogP contribution in [0.1, 0.15) is 68.1 Å². The molecule has 0 bridgehead atoms. The first-order valence-electron chi connectivity index (χ1n) is 11.7. The van der Waals surface area contributed by atoms with E-state index in [-0.39, 0.29) is 11.4 Å². The van der Waals surface area contributed by atoms with Gasteiger partial charge in [0.05, 0.1) is 5.41 Å². The summed E-state index contributed by atoms with van der Waals surface area (Å²) >= 11 is 0. The predicted molar refractivity (Wildman–Crippen MR) is 116 cm³/mol. The van der Waals surface area contributed by atoms with Crippen molar-refractivity contribution < 1.29 is 14.1 Å². The van der Waals surface area contributed by atoms with E-state index in [4.69, 9.17) is 14.2 Å². The lowest BCUT2D eigenvalue weighted by Crippen LogP contribution is -2.52. The summed E-state index contributed by atoms with van der Waals surface area (Å²) in [6.45, 7) is 3.49. The number of benzene rings is 1. The molecule has 0 spiro atoms. The second kappa shape index (κ2) is 8.99. The molecule has 3 aliphatic rings. The number of ether oxygens (including phenoxy) is 1. The highest BCUT2D eigenvalue weighted by Gasteiger charge is 2.46. The highest BCUT2D eigenvalue weighted by atomic mass is 16.5. The van der Waals surface area contributed by atoms with E-state index in [2.05, 4.69) is 10.5 Å². The van der Waals surface area contributed by atoms with Gasteiger partial charge in [0.15, 0.2) is 5.82 Å². The second-order valence-electron chi connectivity index (χ2n) is 9.44. The lowest BCUT2D eigenvalue weighted by molar-refractivity contribution is 0.0778. The Balaban J connectivity index is 1.30. The number of urea groups is 1. The van der Waals surface area contributed by atoms with Crippen molar-refractivity contribution in [1.82, 2.24) is 20.4 Å². The number of likely N-dealkylation sites (tertiary alicyclic amines) is 1. The van der Waals surface area contributed by atoms with Gasteiger partial charge in [-0.05, 0) is 43.6 Å². The van der Waals surface area contributed by atoms with Crippen molar-refractivity contribution in [1.29, 1.82) is 0 Å². The summed E-state index contributed by atoms with van der Waals surface area (Å²) in [7, 11) is 0. The van der Waals surface area contributed by atoms with Crippen LogP contribution in [0.2, 0.25) is 0 Å². The lowest BCUT2D eigenvalue weighted by Gasteiger charge is -2.41. The number of carbonyl (C=O) groups is 1. The first-order valence-corrected chi connectivity index (χ1v) is 11.7. The molecule has 1 aromatic heterocycles. The summed E-state index contributed by atoms with van der Waals surface area (Å²) in [4.78, 5) is 19.8. The number of nitrogens with one attached hydrogen (secondary N) is 1. The Morgan fingerprint density at radius 1 is 1.16 bits per heavy atom. The average Bonchev–Trinajstić information content (AvgIpc) is 3.48. The third-order valence-electron chi connectivity index (χ3n) is 7.01. The van der Waals surface area contributed by atoms with E-state index >= 15 is 0 Å². The maximum Gasteiger partial charge on any atom is 0.317 e. The van der Waals surface area contributed by atoms with Gasteiger partial charge >= 0.3 is 6.03 Å². The van der Waals surface area contributed by atoms with E-state index in [0.29, 0.717) is 19.0 Å². The number of rotatable bonds is 6. The molecule has 1 aliphatic carbocycles. The standard InChI is InChI=1S/C24H32N4O3/c29-23(25-16-19-5-2-1-3-6-19)28-12-4-11-24(17-28,15-18-7-8-18)22-26-21(31-27-22)20-9-13-30-14-10-20/h1-3,5-6,18,20H,4,7-17H2,(H,25,29). The van der Waals surface area contributed by atoms with Crippen LogP contribution in [0.4, 0.5) is 4.79 Å². The Labute approximate surface area is 183 Å². The Kier molecular flexibility index (Phi) is 5.94. The van der Waals surface area contributed by atoms with Gasteiger partial charge < -0.3 is 19.5 Å². The quantitative estimate of drug-likeness (QED) is 0.758. The molecule has 2 saturated heterocycles. The lowest BCUT2D eigenvalue weighted by atomic mass is 9.75. The maximum atomic E-state index is 13.0. The van der Waals surface area contributed by atoms with E-state index in [1.807, 2.05) is 35.2 Å². The zero-order chi connectivity index (χ0) is 21.1. The number of amides is 2. The minimum atomic E-state index is -0.198. The van der Waals surface area contributed by atoms with Crippen LogP contribution in [-0.2, 0) is 16.7 Å². The van der Waals surface area contributed by atoms with Gasteiger partial charge in [0, 0.05) is 38.8 Å². The molecule has 166 valence electrons. The molecule has 1 aromatic carbocycles.